The van der Waals surface area contributed by atoms with Crippen molar-refractivity contribution in [1.82, 2.24) is 0 Å². The molecule has 2 aromatic heterocycles. The highest BCUT2D eigenvalue weighted by molar-refractivity contribution is 5.86. The van der Waals surface area contributed by atoms with Crippen molar-refractivity contribution in [3.8, 4) is 11.5 Å². The first-order valence-electron chi connectivity index (χ1n) is 10.0. The van der Waals surface area contributed by atoms with Crippen LogP contribution in [0.5, 0.6) is 11.5 Å². The minimum atomic E-state index is -1.11. The Kier molecular flexibility index (Phi) is 4.56. The largest absolute Gasteiger partial charge is 0.507 e. The molecule has 3 aromatic carbocycles. The number of hydrogen-bond donors (Lipinski definition) is 2. The van der Waals surface area contributed by atoms with Crippen molar-refractivity contribution in [1.29, 1.82) is 0 Å². The predicted molar refractivity (Wildman–Crippen MR) is 120 cm³/mol. The summed E-state index contributed by atoms with van der Waals surface area (Å²) in [6.45, 7) is 1.87. The standard InChI is InChI=1S/C26H18O6/c1-14-7-6-8-15(13-14)20(21-23(27)16-9-2-4-11-18(16)31-25(21)29)22-24(28)17-10-3-5-12-19(17)32-26(22)30/h2-13,20,27-28H,1H3. The summed E-state index contributed by atoms with van der Waals surface area (Å²) < 4.78 is 10.9. The van der Waals surface area contributed by atoms with E-state index in [0.717, 1.165) is 5.56 Å². The molecule has 0 atom stereocenters. The van der Waals surface area contributed by atoms with E-state index < -0.39 is 17.2 Å². The van der Waals surface area contributed by atoms with Crippen molar-refractivity contribution in [2.45, 2.75) is 12.8 Å². The molecule has 0 spiro atoms. The van der Waals surface area contributed by atoms with E-state index in [0.29, 0.717) is 16.3 Å². The van der Waals surface area contributed by atoms with Crippen LogP contribution in [0.2, 0.25) is 0 Å². The molecule has 5 rings (SSSR count). The Hall–Kier alpha value is -4.32. The first-order chi connectivity index (χ1) is 15.5. The average molecular weight is 426 g/mol. The minimum absolute atomic E-state index is 0.146. The van der Waals surface area contributed by atoms with E-state index in [1.54, 1.807) is 66.7 Å². The third kappa shape index (κ3) is 3.04. The summed E-state index contributed by atoms with van der Waals surface area (Å²) in [5, 5.41) is 22.9. The van der Waals surface area contributed by atoms with Crippen molar-refractivity contribution >= 4 is 21.9 Å². The molecule has 158 valence electrons. The van der Waals surface area contributed by atoms with E-state index in [2.05, 4.69) is 0 Å². The summed E-state index contributed by atoms with van der Waals surface area (Å²) in [5.74, 6) is -1.73. The molecule has 0 aliphatic carbocycles. The SMILES string of the molecule is Cc1cccc(C(c2c(O)c3ccccc3oc2=O)c2c(O)c3ccccc3oc2=O)c1. The van der Waals surface area contributed by atoms with Crippen molar-refractivity contribution in [2.24, 2.45) is 0 Å². The second kappa shape index (κ2) is 7.42. The van der Waals surface area contributed by atoms with E-state index in [9.17, 15) is 19.8 Å². The maximum Gasteiger partial charge on any atom is 0.344 e. The van der Waals surface area contributed by atoms with Gasteiger partial charge in [0, 0.05) is 0 Å². The molecule has 0 radical (unpaired) electrons. The molecule has 6 nitrogen and oxygen atoms in total. The molecule has 0 bridgehead atoms. The van der Waals surface area contributed by atoms with Gasteiger partial charge in [-0.2, -0.15) is 0 Å². The molecule has 0 aliphatic rings. The molecule has 0 saturated heterocycles. The number of rotatable bonds is 3. The van der Waals surface area contributed by atoms with Crippen LogP contribution in [0.25, 0.3) is 21.9 Å². The maximum absolute atomic E-state index is 13.1. The molecular weight excluding hydrogens is 408 g/mol. The summed E-state index contributed by atoms with van der Waals surface area (Å²) in [5.41, 5.74) is -0.0608. The Morgan fingerprint density at radius 3 is 1.69 bits per heavy atom. The zero-order valence-electron chi connectivity index (χ0n) is 17.0. The topological polar surface area (TPSA) is 101 Å². The second-order valence-corrected chi connectivity index (χ2v) is 7.64. The zero-order valence-corrected chi connectivity index (χ0v) is 17.0. The first-order valence-corrected chi connectivity index (χ1v) is 10.0. The Morgan fingerprint density at radius 1 is 0.688 bits per heavy atom. The van der Waals surface area contributed by atoms with E-state index in [1.165, 1.54) is 0 Å². The minimum Gasteiger partial charge on any atom is -0.507 e. The van der Waals surface area contributed by atoms with Gasteiger partial charge in [-0.05, 0) is 36.8 Å². The molecule has 0 saturated carbocycles. The van der Waals surface area contributed by atoms with E-state index in [1.807, 2.05) is 13.0 Å². The lowest BCUT2D eigenvalue weighted by Crippen LogP contribution is -2.21. The van der Waals surface area contributed by atoms with Crippen LogP contribution >= 0.6 is 0 Å². The molecule has 5 aromatic rings. The van der Waals surface area contributed by atoms with Crippen molar-refractivity contribution in [3.05, 3.63) is 116 Å². The fourth-order valence-electron chi connectivity index (χ4n) is 4.13. The molecule has 32 heavy (non-hydrogen) atoms. The number of para-hydroxylation sites is 2. The highest BCUT2D eigenvalue weighted by Gasteiger charge is 2.32. The maximum atomic E-state index is 13.1. The van der Waals surface area contributed by atoms with Gasteiger partial charge in [-0.25, -0.2) is 9.59 Å². The molecule has 2 heterocycles. The van der Waals surface area contributed by atoms with Gasteiger partial charge in [0.15, 0.2) is 0 Å². The van der Waals surface area contributed by atoms with Crippen LogP contribution in [-0.4, -0.2) is 10.2 Å². The van der Waals surface area contributed by atoms with Crippen molar-refractivity contribution in [3.63, 3.8) is 0 Å². The Balaban J connectivity index is 1.92. The second-order valence-electron chi connectivity index (χ2n) is 7.64. The fraction of sp³-hybridized carbons (Fsp3) is 0.0769. The highest BCUT2D eigenvalue weighted by atomic mass is 16.4. The fourth-order valence-corrected chi connectivity index (χ4v) is 4.13. The molecule has 2 N–H and O–H groups in total. The Morgan fingerprint density at radius 2 is 1.19 bits per heavy atom. The van der Waals surface area contributed by atoms with Gasteiger partial charge in [0.1, 0.15) is 22.7 Å². The third-order valence-corrected chi connectivity index (χ3v) is 5.59. The van der Waals surface area contributed by atoms with Gasteiger partial charge in [-0.1, -0.05) is 54.1 Å². The Labute approximate surface area is 181 Å². The monoisotopic (exact) mass is 426 g/mol. The van der Waals surface area contributed by atoms with Gasteiger partial charge >= 0.3 is 11.3 Å². The smallest absolute Gasteiger partial charge is 0.344 e. The number of aryl methyl sites for hydroxylation is 1. The molecule has 0 fully saturated rings. The lowest BCUT2D eigenvalue weighted by molar-refractivity contribution is 0.441. The van der Waals surface area contributed by atoms with Crippen molar-refractivity contribution in [2.75, 3.05) is 0 Å². The number of fused-ring (bicyclic) bond motifs is 2. The normalized spacial score (nSPS) is 11.4. The summed E-state index contributed by atoms with van der Waals surface area (Å²) in [4.78, 5) is 26.1. The molecule has 0 unspecified atom stereocenters. The third-order valence-electron chi connectivity index (χ3n) is 5.59. The van der Waals surface area contributed by atoms with Crippen LogP contribution < -0.4 is 11.3 Å². The average Bonchev–Trinajstić information content (AvgIpc) is 2.78. The van der Waals surface area contributed by atoms with Crippen LogP contribution in [-0.2, 0) is 0 Å². The summed E-state index contributed by atoms with van der Waals surface area (Å²) >= 11 is 0. The number of aromatic hydroxyl groups is 2. The van der Waals surface area contributed by atoms with E-state index in [4.69, 9.17) is 8.83 Å². The van der Waals surface area contributed by atoms with E-state index >= 15 is 0 Å². The molecule has 0 amide bonds. The summed E-state index contributed by atoms with van der Waals surface area (Å²) in [6, 6.07) is 20.3. The van der Waals surface area contributed by atoms with Gasteiger partial charge < -0.3 is 19.0 Å². The van der Waals surface area contributed by atoms with Crippen LogP contribution in [0.15, 0.2) is 91.2 Å². The zero-order chi connectivity index (χ0) is 22.4. The van der Waals surface area contributed by atoms with Gasteiger partial charge in [0.2, 0.25) is 0 Å². The number of benzene rings is 3. The summed E-state index contributed by atoms with van der Waals surface area (Å²) in [7, 11) is 0. The lowest BCUT2D eigenvalue weighted by atomic mass is 9.84. The highest BCUT2D eigenvalue weighted by Crippen LogP contribution is 2.41. The van der Waals surface area contributed by atoms with Crippen LogP contribution in [0.4, 0.5) is 0 Å². The molecule has 6 heteroatoms. The van der Waals surface area contributed by atoms with Crippen LogP contribution in [0, 0.1) is 6.92 Å². The first kappa shape index (κ1) is 19.6. The Bertz CT molecular complexity index is 1510. The van der Waals surface area contributed by atoms with Crippen LogP contribution in [0.3, 0.4) is 0 Å². The van der Waals surface area contributed by atoms with Crippen molar-refractivity contribution < 1.29 is 19.0 Å². The molecule has 0 aliphatic heterocycles. The number of hydrogen-bond acceptors (Lipinski definition) is 6. The van der Waals surface area contributed by atoms with Crippen LogP contribution in [0.1, 0.15) is 28.2 Å². The van der Waals surface area contributed by atoms with Gasteiger partial charge in [0.25, 0.3) is 0 Å². The van der Waals surface area contributed by atoms with Gasteiger partial charge in [-0.3, -0.25) is 0 Å². The quantitative estimate of drug-likeness (QED) is 0.402. The van der Waals surface area contributed by atoms with Gasteiger partial charge in [-0.15, -0.1) is 0 Å². The predicted octanol–water partition coefficient (Wildman–Crippen LogP) is 4.80. The molecular formula is C26H18O6. The summed E-state index contributed by atoms with van der Waals surface area (Å²) in [6.07, 6.45) is 0. The lowest BCUT2D eigenvalue weighted by Gasteiger charge is -2.20. The van der Waals surface area contributed by atoms with E-state index in [-0.39, 0.29) is 33.8 Å². The van der Waals surface area contributed by atoms with Gasteiger partial charge in [0.05, 0.1) is 27.8 Å².